The Morgan fingerprint density at radius 1 is 0.293 bits per heavy atom. The summed E-state index contributed by atoms with van der Waals surface area (Å²) >= 11 is 0. The molecule has 0 unspecified atom stereocenters. The third-order valence-corrected chi connectivity index (χ3v) is 28.4. The topological polar surface area (TPSA) is 656 Å². The van der Waals surface area contributed by atoms with Crippen LogP contribution >= 0.6 is 0 Å². The molecule has 49 heteroatoms. The first-order valence-corrected chi connectivity index (χ1v) is 53.0. The Morgan fingerprint density at radius 2 is 0.607 bits per heavy atom. The maximum absolute atomic E-state index is 12.7. The van der Waals surface area contributed by atoms with E-state index in [4.69, 9.17) is 0 Å². The van der Waals surface area contributed by atoms with Gasteiger partial charge < -0.3 is 26.0 Å². The third-order valence-electron chi connectivity index (χ3n) is 23.0. The molecule has 0 saturated carbocycles. The molecule has 4 aromatic heterocycles. The first-order chi connectivity index (χ1) is 70.2. The van der Waals surface area contributed by atoms with Crippen LogP contribution in [-0.2, 0) is 99.2 Å². The molecule has 7 amide bonds. The van der Waals surface area contributed by atoms with Gasteiger partial charge in [-0.15, -0.1) is 0 Å². The maximum atomic E-state index is 12.7. The summed E-state index contributed by atoms with van der Waals surface area (Å²) in [4.78, 5) is 136. The number of amides is 7. The molecule has 0 spiro atoms. The van der Waals surface area contributed by atoms with Gasteiger partial charge in [0.15, 0.2) is 5.88 Å². The number of imide groups is 3. The average Bonchev–Trinajstić information content (AvgIpc) is 1.58. The lowest BCUT2D eigenvalue weighted by Crippen LogP contribution is -2.29. The summed E-state index contributed by atoms with van der Waals surface area (Å²) in [6.07, 6.45) is 0.0557. The fraction of sp³-hybridized carbons (Fsp3) is 0.139. The van der Waals surface area contributed by atoms with Gasteiger partial charge in [-0.05, 0) is 169 Å². The standard InChI is InChI=1S/3C27H23N5O8S2.C18H12N2O2.2CH4/c1-2-32-25(33)21-10-9-17(12-22(21)26(32)34)14-24-29-23(13-16-5-3-7-19(11-16)41(35,36)37)30-27(31-24)28-18-6-4-8-20(15-18)42(38,39)40;1-2-32-25(33)18-12-11-16(13-19(18)26(32)34)14-23-29-24(15-17-7-3-5-9-21(17)41(35,36)37)31-27(30-23)28-20-8-4-6-10-22(20)42(38,39)40;1-2-32-25(33)20-11-10-16(12-21(20)26(32)34)13-23-29-24(14-17-6-3-4-9-22(17)42(38,39)40)31-27(30-23)28-18-7-5-8-19(15-18)41(35,36)37;21-17-13-14(16(20-17)12-9-5-2-6-10-12)18(22)19-15(13)11-7-3-1-4-8-11;;/h3-12,15H,2,13-14H2,1H3,(H,35,36,37)(H,38,39,40)(H,28,29,30,31);3-13H,2,14-15H2,1H3,(H,35,36,37)(H,38,39,40)(H,28,29,30,31);3-12,15H,2,13-14H2,1H3,(H,35,36,37)(H,38,39,40)(H,28,29,30,31);1-10,19,22H;2*1H4. The van der Waals surface area contributed by atoms with Crippen molar-refractivity contribution in [3.8, 4) is 17.1 Å². The number of rotatable bonds is 29. The van der Waals surface area contributed by atoms with Crippen molar-refractivity contribution in [2.75, 3.05) is 35.6 Å². The second-order valence-electron chi connectivity index (χ2n) is 33.0. The molecule has 150 heavy (non-hydrogen) atoms. The Labute approximate surface area is 858 Å². The van der Waals surface area contributed by atoms with E-state index in [1.54, 1.807) is 93.6 Å². The molecule has 8 heterocycles. The molecule has 15 aromatic rings. The number of anilines is 6. The number of aliphatic imine (C=N–C) groups is 1. The van der Waals surface area contributed by atoms with E-state index in [1.807, 2.05) is 60.7 Å². The van der Waals surface area contributed by atoms with Gasteiger partial charge in [0.05, 0.1) is 86.1 Å². The van der Waals surface area contributed by atoms with Crippen LogP contribution in [0.25, 0.3) is 11.3 Å². The van der Waals surface area contributed by atoms with Crippen molar-refractivity contribution >= 4 is 143 Å². The number of carbonyl (C=O) groups excluding carboxylic acids is 7. The van der Waals surface area contributed by atoms with E-state index in [1.165, 1.54) is 127 Å². The first kappa shape index (κ1) is 109. The van der Waals surface area contributed by atoms with Crippen molar-refractivity contribution in [3.63, 3.8) is 0 Å². The summed E-state index contributed by atoms with van der Waals surface area (Å²) in [6.45, 7) is 5.81. The molecule has 11 N–H and O–H groups in total. The minimum atomic E-state index is -4.61. The normalized spacial score (nSPS) is 13.1. The van der Waals surface area contributed by atoms with E-state index >= 15 is 0 Å². The highest BCUT2D eigenvalue weighted by atomic mass is 32.2. The van der Waals surface area contributed by atoms with Crippen molar-refractivity contribution in [2.24, 2.45) is 4.99 Å². The van der Waals surface area contributed by atoms with Gasteiger partial charge in [0.1, 0.15) is 39.8 Å². The van der Waals surface area contributed by atoms with Crippen LogP contribution in [-0.4, -0.2) is 214 Å². The zero-order valence-corrected chi connectivity index (χ0v) is 82.2. The van der Waals surface area contributed by atoms with E-state index in [9.17, 15) is 116 Å². The summed E-state index contributed by atoms with van der Waals surface area (Å²) in [6, 6.07) is 66.6. The van der Waals surface area contributed by atoms with Crippen LogP contribution in [0.4, 0.5) is 34.9 Å². The lowest BCUT2D eigenvalue weighted by atomic mass is 10.0. The number of aromatic hydroxyl groups is 1. The highest BCUT2D eigenvalue weighted by molar-refractivity contribution is 7.87. The van der Waals surface area contributed by atoms with E-state index in [0.717, 1.165) is 25.8 Å². The molecule has 43 nitrogen and oxygen atoms in total. The molecular weight excluding hydrogens is 2060 g/mol. The number of aromatic nitrogens is 10. The molecule has 11 aromatic carbocycles. The molecule has 770 valence electrons. The highest BCUT2D eigenvalue weighted by Crippen LogP contribution is 2.39. The number of H-pyrrole nitrogens is 1. The molecule has 19 rings (SSSR count). The molecule has 0 fully saturated rings. The molecule has 0 saturated heterocycles. The van der Waals surface area contributed by atoms with Crippen molar-refractivity contribution in [1.82, 2.24) is 64.5 Å². The smallest absolute Gasteiger partial charge is 0.296 e. The second-order valence-corrected chi connectivity index (χ2v) is 41.4. The number of nitrogens with one attached hydrogen (secondary N) is 4. The fourth-order valence-electron chi connectivity index (χ4n) is 16.4. The van der Waals surface area contributed by atoms with E-state index in [0.29, 0.717) is 55.9 Å². The molecular formula is C101H89N17O26S6. The molecule has 0 atom stereocenters. The number of aromatic amines is 1. The monoisotopic (exact) mass is 2150 g/mol. The average molecular weight is 2150 g/mol. The largest absolute Gasteiger partial charge is 0.494 e. The van der Waals surface area contributed by atoms with Crippen molar-refractivity contribution in [2.45, 2.75) is 104 Å². The Morgan fingerprint density at radius 3 is 0.973 bits per heavy atom. The van der Waals surface area contributed by atoms with Gasteiger partial charge in [-0.2, -0.15) is 80.4 Å². The molecule has 4 aliphatic heterocycles. The minimum Gasteiger partial charge on any atom is -0.494 e. The highest BCUT2D eigenvalue weighted by Gasteiger charge is 2.39. The summed E-state index contributed by atoms with van der Waals surface area (Å²) in [5.74, 6) is -1.75. The summed E-state index contributed by atoms with van der Waals surface area (Å²) in [7, 11) is -27.1. The number of hydrogen-bond acceptors (Lipinski definition) is 32. The van der Waals surface area contributed by atoms with E-state index in [2.05, 4.69) is 70.8 Å². The fourth-order valence-corrected chi connectivity index (χ4v) is 20.1. The summed E-state index contributed by atoms with van der Waals surface area (Å²) < 4.78 is 198. The van der Waals surface area contributed by atoms with Gasteiger partial charge in [-0.3, -0.25) is 75.6 Å². The van der Waals surface area contributed by atoms with Crippen molar-refractivity contribution < 1.29 is 116 Å². The quantitative estimate of drug-likeness (QED) is 0.0153. The number of fused-ring (bicyclic) bond motifs is 4. The van der Waals surface area contributed by atoms with Crippen LogP contribution in [0, 0.1) is 0 Å². The lowest BCUT2D eigenvalue weighted by Gasteiger charge is -2.12. The van der Waals surface area contributed by atoms with Gasteiger partial charge in [-0.25, -0.2) is 19.9 Å². The Bertz CT molecular complexity index is 8560. The molecule has 0 radical (unpaired) electrons. The predicted octanol–water partition coefficient (Wildman–Crippen LogP) is 13.4. The predicted molar refractivity (Wildman–Crippen MR) is 544 cm³/mol. The van der Waals surface area contributed by atoms with Crippen LogP contribution in [0.2, 0.25) is 0 Å². The third kappa shape index (κ3) is 24.8. The maximum Gasteiger partial charge on any atom is 0.296 e. The number of benzene rings is 11. The zero-order valence-electron chi connectivity index (χ0n) is 77.3. The second kappa shape index (κ2) is 44.4. The van der Waals surface area contributed by atoms with Crippen LogP contribution < -0.4 is 16.0 Å². The van der Waals surface area contributed by atoms with Crippen LogP contribution in [0.5, 0.6) is 5.88 Å². The Kier molecular flexibility index (Phi) is 32.3. The molecule has 4 aliphatic rings. The summed E-state index contributed by atoms with van der Waals surface area (Å²) in [5.41, 5.74) is 8.54. The van der Waals surface area contributed by atoms with Crippen molar-refractivity contribution in [3.05, 3.63) is 379 Å². The Hall–Kier alpha value is -16.9. The van der Waals surface area contributed by atoms with Gasteiger partial charge in [0, 0.05) is 75.1 Å². The minimum absolute atomic E-state index is 0. The van der Waals surface area contributed by atoms with E-state index in [-0.39, 0.29) is 230 Å². The van der Waals surface area contributed by atoms with Crippen molar-refractivity contribution in [1.29, 1.82) is 0 Å². The Balaban J connectivity index is 0.000000160. The number of hydrogen-bond donors (Lipinski definition) is 11. The van der Waals surface area contributed by atoms with E-state index < -0.39 is 83.3 Å². The number of para-hydroxylation sites is 1. The van der Waals surface area contributed by atoms with Gasteiger partial charge in [-0.1, -0.05) is 167 Å². The van der Waals surface area contributed by atoms with Crippen LogP contribution in [0.15, 0.2) is 295 Å². The van der Waals surface area contributed by atoms with Gasteiger partial charge in [0.2, 0.25) is 17.8 Å². The number of carbonyl (C=O) groups is 7. The van der Waals surface area contributed by atoms with Gasteiger partial charge >= 0.3 is 0 Å². The molecule has 0 bridgehead atoms. The number of nitrogens with zero attached hydrogens (tertiary/aromatic N) is 13. The lowest BCUT2D eigenvalue weighted by molar-refractivity contribution is 0.0647. The van der Waals surface area contributed by atoms with Gasteiger partial charge in [0.25, 0.3) is 102 Å². The molecule has 0 aliphatic carbocycles. The summed E-state index contributed by atoms with van der Waals surface area (Å²) in [5, 5.41) is 18.8. The zero-order chi connectivity index (χ0) is 106. The van der Waals surface area contributed by atoms with Crippen LogP contribution in [0.1, 0.15) is 188 Å². The van der Waals surface area contributed by atoms with Crippen LogP contribution in [0.3, 0.4) is 0 Å². The SMILES string of the molecule is C.C.CCN1C(=O)c2ccc(Cc3nc(Cc4cccc(S(=O)(=O)O)c4)nc(Nc4cccc(S(=O)(=O)O)c4)n3)cc2C1=O.CCN1C(=O)c2ccc(Cc3nc(Cc4ccccc4S(=O)(=O)O)nc(Nc4cccc(S(=O)(=O)O)c4)n3)cc2C1=O.CCN1C(=O)c2ccc(Cc3nc(Cc4ccccc4S(=O)(=O)O)nc(Nc4ccccc4S(=O)(=O)O)n3)cc2C1=O.O=C1N=C(c2ccccc2)c2c(O)[nH]c(-c3ccccc3)c21. The first-order valence-electron chi connectivity index (χ1n) is 44.3.